The molecule has 4 aromatic rings. The Hall–Kier alpha value is -4.39. The van der Waals surface area contributed by atoms with Gasteiger partial charge in [-0.1, -0.05) is 18.2 Å². The van der Waals surface area contributed by atoms with Gasteiger partial charge in [-0.25, -0.2) is 17.6 Å². The molecule has 0 radical (unpaired) electrons. The Kier molecular flexibility index (Phi) is 8.92. The second-order valence-electron chi connectivity index (χ2n) is 12.0. The van der Waals surface area contributed by atoms with Crippen LogP contribution in [0.15, 0.2) is 59.0 Å². The molecule has 1 aliphatic rings. The maximum atomic E-state index is 14.3. The van der Waals surface area contributed by atoms with Crippen molar-refractivity contribution in [2.45, 2.75) is 56.6 Å². The van der Waals surface area contributed by atoms with Gasteiger partial charge in [-0.15, -0.1) is 10.2 Å². The SMILES string of the molecule is COc1cccc(OC)c1-n1c(CS(=O)(=O)[C@@H]2C[C@@H](c3ccc(F)cc3)CN(C(=O)OC(C)(C)C)C2)nnc1-c1ccc(C)o1. The third-order valence-electron chi connectivity index (χ3n) is 7.56. The largest absolute Gasteiger partial charge is 0.494 e. The van der Waals surface area contributed by atoms with Crippen molar-refractivity contribution in [2.24, 2.45) is 0 Å². The van der Waals surface area contributed by atoms with E-state index in [9.17, 15) is 17.6 Å². The Morgan fingerprint density at radius 1 is 1.00 bits per heavy atom. The molecule has 2 aromatic carbocycles. The number of ether oxygens (including phenoxy) is 3. The minimum Gasteiger partial charge on any atom is -0.494 e. The zero-order valence-electron chi connectivity index (χ0n) is 26.1. The van der Waals surface area contributed by atoms with Crippen molar-refractivity contribution in [1.29, 1.82) is 0 Å². The molecule has 0 N–H and O–H groups in total. The molecule has 1 fully saturated rings. The average molecular weight is 641 g/mol. The van der Waals surface area contributed by atoms with Crippen LogP contribution in [0.25, 0.3) is 17.3 Å². The number of piperidine rings is 1. The highest BCUT2D eigenvalue weighted by atomic mass is 32.2. The Balaban J connectivity index is 1.56. The number of benzene rings is 2. The van der Waals surface area contributed by atoms with Gasteiger partial charge in [-0.2, -0.15) is 0 Å². The zero-order chi connectivity index (χ0) is 32.5. The molecule has 0 unspecified atom stereocenters. The number of halogens is 1. The van der Waals surface area contributed by atoms with Gasteiger partial charge in [-0.3, -0.25) is 4.57 Å². The number of methoxy groups -OCH3 is 2. The van der Waals surface area contributed by atoms with E-state index in [0.29, 0.717) is 28.7 Å². The van der Waals surface area contributed by atoms with Gasteiger partial charge in [0.05, 0.1) is 19.5 Å². The first-order valence-corrected chi connectivity index (χ1v) is 16.2. The topological polar surface area (TPSA) is 126 Å². The fourth-order valence-electron chi connectivity index (χ4n) is 5.47. The van der Waals surface area contributed by atoms with Gasteiger partial charge >= 0.3 is 6.09 Å². The summed E-state index contributed by atoms with van der Waals surface area (Å²) in [6, 6.07) is 14.6. The minimum absolute atomic E-state index is 0.0781. The van der Waals surface area contributed by atoms with E-state index in [1.807, 2.05) is 0 Å². The summed E-state index contributed by atoms with van der Waals surface area (Å²) in [7, 11) is -0.991. The first kappa shape index (κ1) is 32.0. The summed E-state index contributed by atoms with van der Waals surface area (Å²) in [5.74, 6) is 0.901. The fourth-order valence-corrected chi connectivity index (χ4v) is 7.19. The molecule has 13 heteroatoms. The van der Waals surface area contributed by atoms with Gasteiger partial charge in [0.2, 0.25) is 5.82 Å². The molecule has 240 valence electrons. The van der Waals surface area contributed by atoms with Crippen LogP contribution in [0.1, 0.15) is 50.3 Å². The summed E-state index contributed by atoms with van der Waals surface area (Å²) in [5, 5.41) is 7.67. The van der Waals surface area contributed by atoms with Crippen molar-refractivity contribution in [3.8, 4) is 28.8 Å². The lowest BCUT2D eigenvalue weighted by Gasteiger charge is -2.38. The van der Waals surface area contributed by atoms with E-state index < -0.39 is 38.4 Å². The lowest BCUT2D eigenvalue weighted by molar-refractivity contribution is 0.0201. The number of sulfone groups is 1. The molecule has 3 heterocycles. The molecule has 0 spiro atoms. The maximum Gasteiger partial charge on any atom is 0.410 e. The van der Waals surface area contributed by atoms with Crippen LogP contribution in [0.3, 0.4) is 0 Å². The average Bonchev–Trinajstić information content (AvgIpc) is 3.61. The standard InChI is InChI=1S/C32H37FN4O7S/c1-20-10-15-27(43-20)30-35-34-28(37(30)29-25(41-5)8-7-9-26(29)42-6)19-45(39,40)24-16-22(21-11-13-23(33)14-12-21)17-36(18-24)31(38)44-32(2,3)4/h7-15,22,24H,16-19H2,1-6H3/t22-,24-/m1/s1. The summed E-state index contributed by atoms with van der Waals surface area (Å²) in [6.07, 6.45) is -0.407. The van der Waals surface area contributed by atoms with Crippen LogP contribution in [-0.2, 0) is 20.3 Å². The first-order chi connectivity index (χ1) is 21.3. The number of aromatic nitrogens is 3. The van der Waals surface area contributed by atoms with E-state index in [1.165, 1.54) is 31.3 Å². The highest BCUT2D eigenvalue weighted by molar-refractivity contribution is 7.91. The zero-order valence-corrected chi connectivity index (χ0v) is 26.9. The van der Waals surface area contributed by atoms with Gasteiger partial charge in [0, 0.05) is 19.0 Å². The van der Waals surface area contributed by atoms with Crippen LogP contribution in [0.4, 0.5) is 9.18 Å². The lowest BCUT2D eigenvalue weighted by Crippen LogP contribution is -2.49. The van der Waals surface area contributed by atoms with Crippen molar-refractivity contribution in [3.05, 3.63) is 77.6 Å². The van der Waals surface area contributed by atoms with Crippen molar-refractivity contribution < 1.29 is 36.2 Å². The minimum atomic E-state index is -3.99. The molecule has 5 rings (SSSR count). The Morgan fingerprint density at radius 3 is 2.24 bits per heavy atom. The van der Waals surface area contributed by atoms with E-state index >= 15 is 0 Å². The molecule has 0 saturated carbocycles. The number of hydrogen-bond donors (Lipinski definition) is 0. The number of carbonyl (C=O) groups is 1. The molecule has 1 amide bonds. The molecular formula is C32H37FN4O7S. The molecule has 0 bridgehead atoms. The predicted molar refractivity (Wildman–Crippen MR) is 165 cm³/mol. The summed E-state index contributed by atoms with van der Waals surface area (Å²) in [4.78, 5) is 14.6. The lowest BCUT2D eigenvalue weighted by atomic mass is 9.90. The molecule has 2 aromatic heterocycles. The van der Waals surface area contributed by atoms with Crippen molar-refractivity contribution in [1.82, 2.24) is 19.7 Å². The summed E-state index contributed by atoms with van der Waals surface area (Å²) in [5.41, 5.74) is 0.353. The second kappa shape index (κ2) is 12.5. The Labute approximate surface area is 261 Å². The number of amides is 1. The van der Waals surface area contributed by atoms with Gasteiger partial charge in [-0.05, 0) is 76.1 Å². The molecule has 1 saturated heterocycles. The van der Waals surface area contributed by atoms with E-state index in [2.05, 4.69) is 10.2 Å². The van der Waals surface area contributed by atoms with Crippen LogP contribution in [0, 0.1) is 12.7 Å². The predicted octanol–water partition coefficient (Wildman–Crippen LogP) is 5.70. The van der Waals surface area contributed by atoms with Crippen LogP contribution in [-0.4, -0.2) is 72.3 Å². The van der Waals surface area contributed by atoms with Crippen LogP contribution in [0.5, 0.6) is 11.5 Å². The van der Waals surface area contributed by atoms with Gasteiger partial charge < -0.3 is 23.5 Å². The molecule has 11 nitrogen and oxygen atoms in total. The highest BCUT2D eigenvalue weighted by Gasteiger charge is 2.40. The van der Waals surface area contributed by atoms with Crippen LogP contribution in [0.2, 0.25) is 0 Å². The van der Waals surface area contributed by atoms with Crippen molar-refractivity contribution in [3.63, 3.8) is 0 Å². The van der Waals surface area contributed by atoms with Crippen molar-refractivity contribution >= 4 is 15.9 Å². The van der Waals surface area contributed by atoms with E-state index in [4.69, 9.17) is 18.6 Å². The van der Waals surface area contributed by atoms with Gasteiger partial charge in [0.1, 0.15) is 40.1 Å². The Morgan fingerprint density at radius 2 is 1.67 bits per heavy atom. The van der Waals surface area contributed by atoms with E-state index in [1.54, 1.807) is 74.7 Å². The smallest absolute Gasteiger partial charge is 0.410 e. The van der Waals surface area contributed by atoms with Crippen LogP contribution < -0.4 is 9.47 Å². The number of carbonyl (C=O) groups excluding carboxylic acids is 1. The maximum absolute atomic E-state index is 14.3. The van der Waals surface area contributed by atoms with E-state index in [0.717, 1.165) is 5.56 Å². The number of nitrogens with zero attached hydrogens (tertiary/aromatic N) is 4. The van der Waals surface area contributed by atoms with Crippen molar-refractivity contribution in [2.75, 3.05) is 27.3 Å². The third kappa shape index (κ3) is 6.98. The Bertz CT molecular complexity index is 1760. The quantitative estimate of drug-likeness (QED) is 0.238. The second-order valence-corrected chi connectivity index (χ2v) is 14.3. The summed E-state index contributed by atoms with van der Waals surface area (Å²) < 4.78 is 66.6. The molecule has 2 atom stereocenters. The molecule has 45 heavy (non-hydrogen) atoms. The number of para-hydroxylation sites is 1. The van der Waals surface area contributed by atoms with Gasteiger partial charge in [0.15, 0.2) is 21.4 Å². The number of likely N-dealkylation sites (tertiary alicyclic amines) is 1. The fraction of sp³-hybridized carbons (Fsp3) is 0.406. The van der Waals surface area contributed by atoms with Gasteiger partial charge in [0.25, 0.3) is 0 Å². The normalized spacial score (nSPS) is 17.3. The molecule has 1 aliphatic heterocycles. The monoisotopic (exact) mass is 640 g/mol. The number of hydrogen-bond acceptors (Lipinski definition) is 9. The number of furan rings is 1. The number of rotatable bonds is 8. The third-order valence-corrected chi connectivity index (χ3v) is 9.58. The number of aryl methyl sites for hydroxylation is 1. The first-order valence-electron chi connectivity index (χ1n) is 14.5. The highest BCUT2D eigenvalue weighted by Crippen LogP contribution is 2.38. The van der Waals surface area contributed by atoms with E-state index in [-0.39, 0.29) is 37.1 Å². The molecule has 0 aliphatic carbocycles. The molecular weight excluding hydrogens is 603 g/mol. The van der Waals surface area contributed by atoms with Crippen LogP contribution >= 0.6 is 0 Å². The summed E-state index contributed by atoms with van der Waals surface area (Å²) >= 11 is 0. The summed E-state index contributed by atoms with van der Waals surface area (Å²) in [6.45, 7) is 7.18.